The molecule has 3 aromatic rings. The lowest BCUT2D eigenvalue weighted by atomic mass is 10.00. The fourth-order valence-electron chi connectivity index (χ4n) is 2.20. The zero-order valence-electron chi connectivity index (χ0n) is 14.1. The molecule has 3 rings (SSSR count). The lowest BCUT2D eigenvalue weighted by Gasteiger charge is -2.08. The smallest absolute Gasteiger partial charge is 0.136 e. The largest absolute Gasteiger partial charge is 0.744 e. The Morgan fingerprint density at radius 2 is 1.15 bits per heavy atom. The molecule has 0 aliphatic carbocycles. The molecule has 0 fully saturated rings. The Balaban J connectivity index is 0.000000258. The molecular formula is C19H22N2O4S. The Hall–Kier alpha value is -2.71. The van der Waals surface area contributed by atoms with E-state index in [1.165, 1.54) is 35.4 Å². The van der Waals surface area contributed by atoms with Crippen LogP contribution in [0.5, 0.6) is 0 Å². The predicted octanol–water partition coefficient (Wildman–Crippen LogP) is 1.37. The van der Waals surface area contributed by atoms with Gasteiger partial charge in [-0.05, 0) is 24.3 Å². The van der Waals surface area contributed by atoms with Crippen LogP contribution in [0.2, 0.25) is 0 Å². The first-order valence-electron chi connectivity index (χ1n) is 7.62. The SMILES string of the molecule is Nc1ccc(S(=O)(=O)[O-])cc1.O.[NH3+]C(c1ccccc1)c1ccccc1. The van der Waals surface area contributed by atoms with Crippen LogP contribution in [0.25, 0.3) is 0 Å². The van der Waals surface area contributed by atoms with Crippen LogP contribution in [0.1, 0.15) is 17.2 Å². The first-order valence-corrected chi connectivity index (χ1v) is 9.03. The number of nitrogens with two attached hydrogens (primary N) is 1. The summed E-state index contributed by atoms with van der Waals surface area (Å²) >= 11 is 0. The zero-order valence-corrected chi connectivity index (χ0v) is 14.9. The van der Waals surface area contributed by atoms with Crippen LogP contribution < -0.4 is 11.5 Å². The standard InChI is InChI=1S/C13H13N.C6H7NO3S.H2O/c14-13(11-7-3-1-4-8-11)12-9-5-2-6-10-12;7-5-1-3-6(4-2-5)11(8,9)10;/h1-10,13H,14H2;1-4H,7H2,(H,8,9,10);1H2. The van der Waals surface area contributed by atoms with Gasteiger partial charge in [0.2, 0.25) is 0 Å². The summed E-state index contributed by atoms with van der Waals surface area (Å²) < 4.78 is 31.0. The van der Waals surface area contributed by atoms with Crippen LogP contribution in [0.4, 0.5) is 5.69 Å². The van der Waals surface area contributed by atoms with Gasteiger partial charge in [-0.15, -0.1) is 0 Å². The van der Waals surface area contributed by atoms with E-state index in [9.17, 15) is 13.0 Å². The molecule has 0 spiro atoms. The Kier molecular flexibility index (Phi) is 7.95. The van der Waals surface area contributed by atoms with E-state index in [4.69, 9.17) is 5.73 Å². The number of hydrogen-bond donors (Lipinski definition) is 2. The Morgan fingerprint density at radius 1 is 0.769 bits per heavy atom. The molecule has 26 heavy (non-hydrogen) atoms. The van der Waals surface area contributed by atoms with Crippen molar-refractivity contribution in [1.82, 2.24) is 0 Å². The van der Waals surface area contributed by atoms with Crippen molar-refractivity contribution in [1.29, 1.82) is 0 Å². The summed E-state index contributed by atoms with van der Waals surface area (Å²) in [5, 5.41) is 0. The maximum Gasteiger partial charge on any atom is 0.136 e. The van der Waals surface area contributed by atoms with Crippen molar-refractivity contribution in [3.63, 3.8) is 0 Å². The molecule has 0 aliphatic rings. The van der Waals surface area contributed by atoms with Gasteiger partial charge in [-0.2, -0.15) is 0 Å². The summed E-state index contributed by atoms with van der Waals surface area (Å²) in [6.07, 6.45) is 0. The van der Waals surface area contributed by atoms with Crippen molar-refractivity contribution in [3.05, 3.63) is 96.1 Å². The number of quaternary nitrogens is 1. The van der Waals surface area contributed by atoms with E-state index in [0.717, 1.165) is 0 Å². The molecule has 0 heterocycles. The minimum Gasteiger partial charge on any atom is -0.744 e. The van der Waals surface area contributed by atoms with Crippen molar-refractivity contribution < 1.29 is 24.2 Å². The molecule has 3 aromatic carbocycles. The molecule has 0 saturated carbocycles. The highest BCUT2D eigenvalue weighted by atomic mass is 32.2. The van der Waals surface area contributed by atoms with Crippen LogP contribution in [0.15, 0.2) is 89.8 Å². The minimum atomic E-state index is -4.33. The van der Waals surface area contributed by atoms with E-state index in [1.54, 1.807) is 0 Å². The van der Waals surface area contributed by atoms with Gasteiger partial charge in [0, 0.05) is 16.8 Å². The van der Waals surface area contributed by atoms with Gasteiger partial charge in [-0.1, -0.05) is 60.7 Å². The Bertz CT molecular complexity index is 844. The molecule has 6 nitrogen and oxygen atoms in total. The van der Waals surface area contributed by atoms with Crippen LogP contribution in [0, 0.1) is 0 Å². The second-order valence-corrected chi connectivity index (χ2v) is 6.78. The van der Waals surface area contributed by atoms with Gasteiger partial charge in [0.05, 0.1) is 4.90 Å². The summed E-state index contributed by atoms with van der Waals surface area (Å²) in [5.41, 5.74) is 12.4. The monoisotopic (exact) mass is 374 g/mol. The van der Waals surface area contributed by atoms with Gasteiger partial charge in [-0.3, -0.25) is 0 Å². The van der Waals surface area contributed by atoms with Crippen LogP contribution in [-0.2, 0) is 10.1 Å². The number of anilines is 1. The van der Waals surface area contributed by atoms with Gasteiger partial charge in [0.15, 0.2) is 0 Å². The maximum atomic E-state index is 10.3. The first kappa shape index (κ1) is 21.3. The van der Waals surface area contributed by atoms with Gasteiger partial charge in [0.25, 0.3) is 0 Å². The molecule has 0 aromatic heterocycles. The molecule has 7 N–H and O–H groups in total. The van der Waals surface area contributed by atoms with E-state index < -0.39 is 10.1 Å². The molecule has 138 valence electrons. The summed E-state index contributed by atoms with van der Waals surface area (Å²) in [6.45, 7) is 0. The van der Waals surface area contributed by atoms with Crippen LogP contribution >= 0.6 is 0 Å². The summed E-state index contributed by atoms with van der Waals surface area (Å²) in [7, 11) is -4.33. The molecule has 0 unspecified atom stereocenters. The molecule has 0 atom stereocenters. The van der Waals surface area contributed by atoms with Crippen molar-refractivity contribution in [2.24, 2.45) is 0 Å². The van der Waals surface area contributed by atoms with E-state index in [-0.39, 0.29) is 16.4 Å². The fourth-order valence-corrected chi connectivity index (χ4v) is 2.67. The highest BCUT2D eigenvalue weighted by Gasteiger charge is 2.10. The molecule has 0 bridgehead atoms. The summed E-state index contributed by atoms with van der Waals surface area (Å²) in [4.78, 5) is -0.258. The quantitative estimate of drug-likeness (QED) is 0.527. The first-order chi connectivity index (χ1) is 11.9. The third kappa shape index (κ3) is 6.30. The van der Waals surface area contributed by atoms with Gasteiger partial charge >= 0.3 is 0 Å². The average molecular weight is 374 g/mol. The van der Waals surface area contributed by atoms with E-state index in [2.05, 4.69) is 54.3 Å². The normalized spacial score (nSPS) is 10.4. The highest BCUT2D eigenvalue weighted by Crippen LogP contribution is 2.16. The number of benzene rings is 3. The third-order valence-electron chi connectivity index (χ3n) is 3.57. The van der Waals surface area contributed by atoms with Crippen molar-refractivity contribution in [2.45, 2.75) is 10.9 Å². The van der Waals surface area contributed by atoms with E-state index in [1.807, 2.05) is 12.1 Å². The van der Waals surface area contributed by atoms with Crippen molar-refractivity contribution in [2.75, 3.05) is 5.73 Å². The Labute approximate surface area is 153 Å². The van der Waals surface area contributed by atoms with E-state index in [0.29, 0.717) is 5.69 Å². The predicted molar refractivity (Wildman–Crippen MR) is 100 cm³/mol. The number of nitrogen functional groups attached to an aromatic ring is 1. The minimum absolute atomic E-state index is 0. The topological polar surface area (TPSA) is 142 Å². The third-order valence-corrected chi connectivity index (χ3v) is 4.42. The lowest BCUT2D eigenvalue weighted by molar-refractivity contribution is -0.411. The molecule has 0 aliphatic heterocycles. The molecular weight excluding hydrogens is 352 g/mol. The van der Waals surface area contributed by atoms with Gasteiger partial charge in [0.1, 0.15) is 16.2 Å². The zero-order chi connectivity index (χ0) is 18.3. The van der Waals surface area contributed by atoms with Crippen molar-refractivity contribution >= 4 is 15.8 Å². The highest BCUT2D eigenvalue weighted by molar-refractivity contribution is 7.85. The second kappa shape index (κ2) is 9.69. The Morgan fingerprint density at radius 3 is 1.50 bits per heavy atom. The van der Waals surface area contributed by atoms with Gasteiger partial charge < -0.3 is 21.5 Å². The maximum absolute atomic E-state index is 10.3. The molecule has 0 amide bonds. The van der Waals surface area contributed by atoms with Crippen molar-refractivity contribution in [3.8, 4) is 0 Å². The molecule has 0 saturated heterocycles. The summed E-state index contributed by atoms with van der Waals surface area (Å²) in [5.74, 6) is 0. The number of hydrogen-bond acceptors (Lipinski definition) is 4. The average Bonchev–Trinajstić information content (AvgIpc) is 2.63. The van der Waals surface area contributed by atoms with E-state index >= 15 is 0 Å². The molecule has 7 heteroatoms. The fraction of sp³-hybridized carbons (Fsp3) is 0.0526. The van der Waals surface area contributed by atoms with Gasteiger partial charge in [-0.25, -0.2) is 8.42 Å². The van der Waals surface area contributed by atoms with Crippen LogP contribution in [0.3, 0.4) is 0 Å². The second-order valence-electron chi connectivity index (χ2n) is 5.40. The number of rotatable bonds is 3. The summed E-state index contributed by atoms with van der Waals surface area (Å²) in [6, 6.07) is 26.1. The lowest BCUT2D eigenvalue weighted by Crippen LogP contribution is -2.53. The van der Waals surface area contributed by atoms with Crippen LogP contribution in [-0.4, -0.2) is 18.4 Å². The molecule has 0 radical (unpaired) electrons.